The molecule has 0 aliphatic carbocycles. The summed E-state index contributed by atoms with van der Waals surface area (Å²) in [5.41, 5.74) is 3.43. The van der Waals surface area contributed by atoms with Crippen LogP contribution in [0.15, 0.2) is 52.7 Å². The SMILES string of the molecule is Cc1nn(C)c2nc(-c3cccs3)cc(C(=O)NC(C)c3ccc(S(C)(=O)=O)cc3)c12. The number of hydrogen-bond donors (Lipinski definition) is 1. The molecule has 3 aromatic heterocycles. The van der Waals surface area contributed by atoms with Gasteiger partial charge in [-0.05, 0) is 49.1 Å². The second kappa shape index (κ2) is 7.90. The number of nitrogens with zero attached hydrogens (tertiary/aromatic N) is 3. The molecule has 4 rings (SSSR count). The Hall–Kier alpha value is -3.04. The number of carbonyl (C=O) groups is 1. The summed E-state index contributed by atoms with van der Waals surface area (Å²) in [5, 5.41) is 10.2. The largest absolute Gasteiger partial charge is 0.345 e. The van der Waals surface area contributed by atoms with Gasteiger partial charge in [-0.2, -0.15) is 5.10 Å². The van der Waals surface area contributed by atoms with Crippen molar-refractivity contribution in [3.63, 3.8) is 0 Å². The van der Waals surface area contributed by atoms with E-state index >= 15 is 0 Å². The monoisotopic (exact) mass is 454 g/mol. The Morgan fingerprint density at radius 1 is 1.19 bits per heavy atom. The number of thiophene rings is 1. The molecule has 1 unspecified atom stereocenters. The molecule has 1 aromatic carbocycles. The number of sulfone groups is 1. The van der Waals surface area contributed by atoms with Gasteiger partial charge >= 0.3 is 0 Å². The standard InChI is InChI=1S/C22H22N4O3S2/c1-13(15-7-9-16(10-8-15)31(4,28)29)23-22(27)17-12-18(19-6-5-11-30-19)24-21-20(17)14(2)25-26(21)3/h5-13H,1-4H3,(H,23,27). The molecule has 0 bridgehead atoms. The third-order valence-corrected chi connectivity index (χ3v) is 7.16. The lowest BCUT2D eigenvalue weighted by Crippen LogP contribution is -2.27. The fourth-order valence-corrected chi connectivity index (χ4v) is 4.85. The topological polar surface area (TPSA) is 93.9 Å². The van der Waals surface area contributed by atoms with Crippen molar-refractivity contribution in [1.82, 2.24) is 20.1 Å². The van der Waals surface area contributed by atoms with E-state index in [1.54, 1.807) is 46.4 Å². The van der Waals surface area contributed by atoms with Crippen LogP contribution in [-0.2, 0) is 16.9 Å². The molecule has 3 heterocycles. The first-order valence-corrected chi connectivity index (χ1v) is 12.4. The summed E-state index contributed by atoms with van der Waals surface area (Å²) in [6.45, 7) is 3.72. The predicted molar refractivity (Wildman–Crippen MR) is 122 cm³/mol. The van der Waals surface area contributed by atoms with Crippen molar-refractivity contribution in [2.75, 3.05) is 6.26 Å². The van der Waals surface area contributed by atoms with E-state index in [1.165, 1.54) is 6.26 Å². The van der Waals surface area contributed by atoms with Crippen molar-refractivity contribution < 1.29 is 13.2 Å². The minimum atomic E-state index is -3.27. The van der Waals surface area contributed by atoms with Crippen LogP contribution in [0.5, 0.6) is 0 Å². The molecule has 0 fully saturated rings. The fourth-order valence-electron chi connectivity index (χ4n) is 3.54. The summed E-state index contributed by atoms with van der Waals surface area (Å²) in [6.07, 6.45) is 1.17. The lowest BCUT2D eigenvalue weighted by molar-refractivity contribution is 0.0941. The fraction of sp³-hybridized carbons (Fsp3) is 0.227. The molecular weight excluding hydrogens is 432 g/mol. The molecule has 0 aliphatic heterocycles. The Balaban J connectivity index is 1.70. The van der Waals surface area contributed by atoms with Crippen LogP contribution in [-0.4, -0.2) is 35.3 Å². The summed E-state index contributed by atoms with van der Waals surface area (Å²) in [7, 11) is -1.45. The lowest BCUT2D eigenvalue weighted by atomic mass is 10.1. The number of amides is 1. The molecule has 1 amide bonds. The van der Waals surface area contributed by atoms with E-state index in [-0.39, 0.29) is 16.8 Å². The van der Waals surface area contributed by atoms with Gasteiger partial charge in [0.2, 0.25) is 0 Å². The Morgan fingerprint density at radius 3 is 2.52 bits per heavy atom. The van der Waals surface area contributed by atoms with Crippen molar-refractivity contribution >= 4 is 38.1 Å². The zero-order valence-corrected chi connectivity index (χ0v) is 19.2. The molecular formula is C22H22N4O3S2. The van der Waals surface area contributed by atoms with E-state index in [9.17, 15) is 13.2 Å². The van der Waals surface area contributed by atoms with Gasteiger partial charge in [-0.1, -0.05) is 18.2 Å². The second-order valence-corrected chi connectivity index (χ2v) is 10.4. The molecule has 1 atom stereocenters. The Kier molecular flexibility index (Phi) is 5.40. The van der Waals surface area contributed by atoms with Gasteiger partial charge in [0.25, 0.3) is 5.91 Å². The van der Waals surface area contributed by atoms with Gasteiger partial charge < -0.3 is 5.32 Å². The lowest BCUT2D eigenvalue weighted by Gasteiger charge is -2.16. The van der Waals surface area contributed by atoms with Gasteiger partial charge in [-0.3, -0.25) is 9.48 Å². The van der Waals surface area contributed by atoms with Crippen LogP contribution >= 0.6 is 11.3 Å². The van der Waals surface area contributed by atoms with Crippen LogP contribution in [0.3, 0.4) is 0 Å². The Morgan fingerprint density at radius 2 is 1.90 bits per heavy atom. The second-order valence-electron chi connectivity index (χ2n) is 7.48. The number of benzene rings is 1. The number of nitrogens with one attached hydrogen (secondary N) is 1. The molecule has 7 nitrogen and oxygen atoms in total. The van der Waals surface area contributed by atoms with Crippen molar-refractivity contribution in [2.24, 2.45) is 7.05 Å². The minimum Gasteiger partial charge on any atom is -0.345 e. The molecule has 0 saturated carbocycles. The first-order chi connectivity index (χ1) is 14.6. The molecule has 0 saturated heterocycles. The number of rotatable bonds is 5. The van der Waals surface area contributed by atoms with Crippen LogP contribution in [0.4, 0.5) is 0 Å². The zero-order chi connectivity index (χ0) is 22.3. The van der Waals surface area contributed by atoms with E-state index in [2.05, 4.69) is 10.4 Å². The Labute approximate surface area is 184 Å². The smallest absolute Gasteiger partial charge is 0.252 e. The number of fused-ring (bicyclic) bond motifs is 1. The molecule has 160 valence electrons. The van der Waals surface area contributed by atoms with Crippen molar-refractivity contribution in [2.45, 2.75) is 24.8 Å². The number of carbonyl (C=O) groups excluding carboxylic acids is 1. The zero-order valence-electron chi connectivity index (χ0n) is 17.6. The average molecular weight is 455 g/mol. The van der Waals surface area contributed by atoms with Gasteiger partial charge in [0.1, 0.15) is 0 Å². The van der Waals surface area contributed by atoms with Gasteiger partial charge in [0, 0.05) is 13.3 Å². The van der Waals surface area contributed by atoms with Gasteiger partial charge in [-0.15, -0.1) is 11.3 Å². The maximum absolute atomic E-state index is 13.3. The van der Waals surface area contributed by atoms with Crippen LogP contribution in [0, 0.1) is 6.92 Å². The van der Waals surface area contributed by atoms with Gasteiger partial charge in [0.15, 0.2) is 15.5 Å². The third-order valence-electron chi connectivity index (χ3n) is 5.14. The van der Waals surface area contributed by atoms with Crippen LogP contribution in [0.2, 0.25) is 0 Å². The summed E-state index contributed by atoms with van der Waals surface area (Å²) < 4.78 is 25.0. The highest BCUT2D eigenvalue weighted by atomic mass is 32.2. The van der Waals surface area contributed by atoms with Gasteiger partial charge in [-0.25, -0.2) is 13.4 Å². The average Bonchev–Trinajstić information content (AvgIpc) is 3.35. The Bertz CT molecular complexity index is 1370. The first-order valence-electron chi connectivity index (χ1n) is 9.64. The first kappa shape index (κ1) is 21.2. The van der Waals surface area contributed by atoms with E-state index in [0.717, 1.165) is 27.2 Å². The van der Waals surface area contributed by atoms with Crippen LogP contribution in [0.1, 0.15) is 34.6 Å². The quantitative estimate of drug-likeness (QED) is 0.494. The number of aryl methyl sites for hydroxylation is 2. The molecule has 9 heteroatoms. The summed E-state index contributed by atoms with van der Waals surface area (Å²) in [4.78, 5) is 19.2. The maximum atomic E-state index is 13.3. The van der Waals surface area contributed by atoms with Crippen molar-refractivity contribution in [3.8, 4) is 10.6 Å². The maximum Gasteiger partial charge on any atom is 0.252 e. The summed E-state index contributed by atoms with van der Waals surface area (Å²) in [5.74, 6) is -0.235. The number of aromatic nitrogens is 3. The van der Waals surface area contributed by atoms with E-state index < -0.39 is 9.84 Å². The summed E-state index contributed by atoms with van der Waals surface area (Å²) >= 11 is 1.56. The molecule has 0 radical (unpaired) electrons. The molecule has 4 aromatic rings. The minimum absolute atomic E-state index is 0.235. The normalized spacial score (nSPS) is 12.8. The van der Waals surface area contributed by atoms with E-state index in [0.29, 0.717) is 11.2 Å². The number of hydrogen-bond acceptors (Lipinski definition) is 6. The highest BCUT2D eigenvalue weighted by Gasteiger charge is 2.21. The highest BCUT2D eigenvalue weighted by molar-refractivity contribution is 7.90. The highest BCUT2D eigenvalue weighted by Crippen LogP contribution is 2.29. The molecule has 31 heavy (non-hydrogen) atoms. The van der Waals surface area contributed by atoms with Crippen molar-refractivity contribution in [3.05, 3.63) is 64.7 Å². The number of pyridine rings is 1. The third kappa shape index (κ3) is 4.11. The molecule has 0 spiro atoms. The van der Waals surface area contributed by atoms with Crippen LogP contribution < -0.4 is 5.32 Å². The molecule has 1 N–H and O–H groups in total. The predicted octanol–water partition coefficient (Wildman–Crippen LogP) is 3.90. The van der Waals surface area contributed by atoms with Crippen molar-refractivity contribution in [1.29, 1.82) is 0 Å². The summed E-state index contributed by atoms with van der Waals surface area (Å²) in [6, 6.07) is 11.9. The van der Waals surface area contributed by atoms with Gasteiger partial charge in [0.05, 0.1) is 38.2 Å². The molecule has 0 aliphatic rings. The van der Waals surface area contributed by atoms with Crippen LogP contribution in [0.25, 0.3) is 21.6 Å². The van der Waals surface area contributed by atoms with E-state index in [4.69, 9.17) is 4.98 Å². The van der Waals surface area contributed by atoms with E-state index in [1.807, 2.05) is 38.4 Å².